The number of aliphatic hydroxyl groups excluding tert-OH is 2. The fourth-order valence-corrected chi connectivity index (χ4v) is 0.991. The Hall–Kier alpha value is -1.06. The van der Waals surface area contributed by atoms with Gasteiger partial charge in [0, 0.05) is 0 Å². The molecule has 0 aromatic heterocycles. The van der Waals surface area contributed by atoms with E-state index in [0.717, 1.165) is 0 Å². The second-order valence-corrected chi connectivity index (χ2v) is 2.74. The van der Waals surface area contributed by atoms with Crippen LogP contribution in [0.2, 0.25) is 0 Å². The van der Waals surface area contributed by atoms with Gasteiger partial charge < -0.3 is 15.3 Å². The number of aromatic hydroxyl groups is 1. The van der Waals surface area contributed by atoms with Crippen molar-refractivity contribution in [2.75, 3.05) is 6.61 Å². The first-order valence-electron chi connectivity index (χ1n) is 3.73. The lowest BCUT2D eigenvalue weighted by molar-refractivity contribution is 0.0955. The average molecular weight is 168 g/mol. The molecule has 1 unspecified atom stereocenters. The maximum atomic E-state index is 9.21. The lowest BCUT2D eigenvalue weighted by Gasteiger charge is -2.08. The first kappa shape index (κ1) is 9.03. The molecule has 3 heteroatoms. The van der Waals surface area contributed by atoms with Gasteiger partial charge in [-0.25, -0.2) is 0 Å². The Bertz CT molecular complexity index is 270. The minimum Gasteiger partial charge on any atom is -0.508 e. The maximum Gasteiger partial charge on any atom is 0.118 e. The number of phenolic OH excluding ortho intramolecular Hbond substituents is 1. The largest absolute Gasteiger partial charge is 0.508 e. The van der Waals surface area contributed by atoms with E-state index in [-0.39, 0.29) is 12.4 Å². The number of aryl methyl sites for hydroxylation is 1. The van der Waals surface area contributed by atoms with Crippen LogP contribution < -0.4 is 0 Å². The molecule has 1 rings (SSSR count). The Morgan fingerprint density at radius 3 is 2.58 bits per heavy atom. The SMILES string of the molecule is Cc1cc(C(O)CO)ccc1O. The van der Waals surface area contributed by atoms with Crippen LogP contribution in [-0.2, 0) is 0 Å². The number of hydrogen-bond acceptors (Lipinski definition) is 3. The molecule has 0 radical (unpaired) electrons. The fourth-order valence-electron chi connectivity index (χ4n) is 0.991. The molecule has 66 valence electrons. The summed E-state index contributed by atoms with van der Waals surface area (Å²) in [7, 11) is 0. The normalized spacial score (nSPS) is 12.9. The summed E-state index contributed by atoms with van der Waals surface area (Å²) in [5, 5.41) is 27.0. The van der Waals surface area contributed by atoms with Crippen molar-refractivity contribution >= 4 is 0 Å². The third-order valence-electron chi connectivity index (χ3n) is 1.78. The predicted octanol–water partition coefficient (Wildman–Crippen LogP) is 0.726. The summed E-state index contributed by atoms with van der Waals surface area (Å²) < 4.78 is 0. The molecule has 1 aromatic rings. The molecule has 3 N–H and O–H groups in total. The van der Waals surface area contributed by atoms with Crippen LogP contribution in [0.3, 0.4) is 0 Å². The second-order valence-electron chi connectivity index (χ2n) is 2.74. The van der Waals surface area contributed by atoms with Gasteiger partial charge in [-0.05, 0) is 30.2 Å². The monoisotopic (exact) mass is 168 g/mol. The first-order valence-corrected chi connectivity index (χ1v) is 3.73. The second kappa shape index (κ2) is 3.56. The van der Waals surface area contributed by atoms with Crippen molar-refractivity contribution in [3.05, 3.63) is 29.3 Å². The molecule has 0 aliphatic heterocycles. The van der Waals surface area contributed by atoms with E-state index < -0.39 is 6.10 Å². The predicted molar refractivity (Wildman–Crippen MR) is 44.9 cm³/mol. The molecule has 0 aliphatic carbocycles. The summed E-state index contributed by atoms with van der Waals surface area (Å²) in [6.07, 6.45) is -0.857. The van der Waals surface area contributed by atoms with E-state index in [2.05, 4.69) is 0 Å². The summed E-state index contributed by atoms with van der Waals surface area (Å²) in [5.41, 5.74) is 1.31. The van der Waals surface area contributed by atoms with Gasteiger partial charge in [0.25, 0.3) is 0 Å². The van der Waals surface area contributed by atoms with Crippen molar-refractivity contribution in [1.82, 2.24) is 0 Å². The quantitative estimate of drug-likeness (QED) is 0.610. The van der Waals surface area contributed by atoms with Crippen LogP contribution in [0.1, 0.15) is 17.2 Å². The Morgan fingerprint density at radius 2 is 2.08 bits per heavy atom. The third-order valence-corrected chi connectivity index (χ3v) is 1.78. The first-order chi connectivity index (χ1) is 5.65. The van der Waals surface area contributed by atoms with Gasteiger partial charge in [-0.3, -0.25) is 0 Å². The van der Waals surface area contributed by atoms with Crippen molar-refractivity contribution in [1.29, 1.82) is 0 Å². The van der Waals surface area contributed by atoms with E-state index in [0.29, 0.717) is 11.1 Å². The van der Waals surface area contributed by atoms with E-state index in [1.807, 2.05) is 0 Å². The highest BCUT2D eigenvalue weighted by Gasteiger charge is 2.06. The average Bonchev–Trinajstić information content (AvgIpc) is 2.08. The zero-order valence-corrected chi connectivity index (χ0v) is 6.86. The molecule has 3 nitrogen and oxygen atoms in total. The van der Waals surface area contributed by atoms with E-state index >= 15 is 0 Å². The molecule has 0 amide bonds. The molecule has 1 atom stereocenters. The molecule has 0 heterocycles. The number of benzene rings is 1. The van der Waals surface area contributed by atoms with E-state index in [1.165, 1.54) is 6.07 Å². The molecule has 0 aliphatic rings. The van der Waals surface area contributed by atoms with Crippen LogP contribution >= 0.6 is 0 Å². The topological polar surface area (TPSA) is 60.7 Å². The molecular weight excluding hydrogens is 156 g/mol. The fraction of sp³-hybridized carbons (Fsp3) is 0.333. The smallest absolute Gasteiger partial charge is 0.118 e. The molecule has 0 saturated carbocycles. The summed E-state index contributed by atoms with van der Waals surface area (Å²) in [6.45, 7) is 1.44. The van der Waals surface area contributed by atoms with Gasteiger partial charge >= 0.3 is 0 Å². The van der Waals surface area contributed by atoms with Crippen molar-refractivity contribution in [3.63, 3.8) is 0 Å². The molecule has 0 bridgehead atoms. The van der Waals surface area contributed by atoms with Crippen molar-refractivity contribution < 1.29 is 15.3 Å². The standard InChI is InChI=1S/C9H12O3/c1-6-4-7(9(12)5-10)2-3-8(6)11/h2-4,9-12H,5H2,1H3. The highest BCUT2D eigenvalue weighted by molar-refractivity contribution is 5.35. The number of rotatable bonds is 2. The van der Waals surface area contributed by atoms with E-state index in [9.17, 15) is 5.11 Å². The van der Waals surface area contributed by atoms with E-state index in [4.69, 9.17) is 10.2 Å². The lowest BCUT2D eigenvalue weighted by Crippen LogP contribution is -2.02. The van der Waals surface area contributed by atoms with Crippen molar-refractivity contribution in [2.24, 2.45) is 0 Å². The van der Waals surface area contributed by atoms with Gasteiger partial charge in [0.1, 0.15) is 11.9 Å². The Labute approximate surface area is 70.9 Å². The summed E-state index contributed by atoms with van der Waals surface area (Å²) in [4.78, 5) is 0. The minimum absolute atomic E-state index is 0.198. The molecule has 12 heavy (non-hydrogen) atoms. The van der Waals surface area contributed by atoms with Gasteiger partial charge in [-0.1, -0.05) is 6.07 Å². The van der Waals surface area contributed by atoms with Crippen LogP contribution in [0.25, 0.3) is 0 Å². The maximum absolute atomic E-state index is 9.21. The van der Waals surface area contributed by atoms with Gasteiger partial charge in [0.15, 0.2) is 0 Å². The zero-order valence-electron chi connectivity index (χ0n) is 6.86. The Balaban J connectivity index is 2.96. The van der Waals surface area contributed by atoms with Crippen LogP contribution in [0.5, 0.6) is 5.75 Å². The summed E-state index contributed by atoms with van der Waals surface area (Å²) in [6, 6.07) is 4.74. The van der Waals surface area contributed by atoms with Crippen LogP contribution in [0, 0.1) is 6.92 Å². The highest BCUT2D eigenvalue weighted by atomic mass is 16.3. The molecular formula is C9H12O3. The Kier molecular flexibility index (Phi) is 2.68. The van der Waals surface area contributed by atoms with Crippen LogP contribution in [0.4, 0.5) is 0 Å². The van der Waals surface area contributed by atoms with Crippen LogP contribution in [0.15, 0.2) is 18.2 Å². The van der Waals surface area contributed by atoms with Crippen LogP contribution in [-0.4, -0.2) is 21.9 Å². The third kappa shape index (κ3) is 1.75. The summed E-state index contributed by atoms with van der Waals surface area (Å²) in [5.74, 6) is 0.198. The molecule has 0 spiro atoms. The van der Waals surface area contributed by atoms with Gasteiger partial charge in [-0.15, -0.1) is 0 Å². The number of aliphatic hydroxyl groups is 2. The number of hydrogen-bond donors (Lipinski definition) is 3. The van der Waals surface area contributed by atoms with E-state index in [1.54, 1.807) is 19.1 Å². The van der Waals surface area contributed by atoms with Crippen molar-refractivity contribution in [2.45, 2.75) is 13.0 Å². The highest BCUT2D eigenvalue weighted by Crippen LogP contribution is 2.20. The molecule has 1 aromatic carbocycles. The Morgan fingerprint density at radius 1 is 1.42 bits per heavy atom. The molecule has 0 saturated heterocycles. The van der Waals surface area contributed by atoms with Gasteiger partial charge in [-0.2, -0.15) is 0 Å². The lowest BCUT2D eigenvalue weighted by atomic mass is 10.1. The number of phenols is 1. The van der Waals surface area contributed by atoms with Gasteiger partial charge in [0.05, 0.1) is 6.61 Å². The summed E-state index contributed by atoms with van der Waals surface area (Å²) >= 11 is 0. The molecule has 0 fully saturated rings. The van der Waals surface area contributed by atoms with Crippen molar-refractivity contribution in [3.8, 4) is 5.75 Å². The zero-order chi connectivity index (χ0) is 9.14. The minimum atomic E-state index is -0.857. The van der Waals surface area contributed by atoms with Gasteiger partial charge in [0.2, 0.25) is 0 Å².